The fourth-order valence-electron chi connectivity index (χ4n) is 4.54. The molecule has 0 N–H and O–H groups in total. The maximum Gasteiger partial charge on any atom is 0.228 e. The number of benzene rings is 1. The number of fused-ring (bicyclic) bond motifs is 1. The van der Waals surface area contributed by atoms with Crippen molar-refractivity contribution in [1.29, 1.82) is 0 Å². The van der Waals surface area contributed by atoms with Crippen LogP contribution in [0.4, 0.5) is 5.82 Å². The van der Waals surface area contributed by atoms with Gasteiger partial charge in [0.05, 0.1) is 13.7 Å². The van der Waals surface area contributed by atoms with E-state index in [1.54, 1.807) is 12.0 Å². The summed E-state index contributed by atoms with van der Waals surface area (Å²) in [6.07, 6.45) is 3.54. The van der Waals surface area contributed by atoms with E-state index in [1.807, 2.05) is 43.0 Å². The summed E-state index contributed by atoms with van der Waals surface area (Å²) in [6, 6.07) is 7.77. The molecule has 2 amide bonds. The number of carbonyl (C=O) groups is 2. The Hall–Kier alpha value is -2.96. The van der Waals surface area contributed by atoms with Gasteiger partial charge in [-0.3, -0.25) is 14.5 Å². The Labute approximate surface area is 183 Å². The molecule has 0 radical (unpaired) electrons. The standard InChI is InChI=1S/C24H30N4O3/c1-4-21(29)27-12-6-8-18(15-27)23-25-16(2)20-10-11-22(30)28(24(20)26-23)14-17-7-5-9-19(13-17)31-3/h5,7,9,13,18H,4,6,8,10-12,14-15H2,1-3H3/t18-/m0/s1. The Kier molecular flexibility index (Phi) is 6.20. The Morgan fingerprint density at radius 3 is 2.87 bits per heavy atom. The highest BCUT2D eigenvalue weighted by Crippen LogP contribution is 2.33. The number of methoxy groups -OCH3 is 1. The van der Waals surface area contributed by atoms with Gasteiger partial charge in [-0.15, -0.1) is 0 Å². The molecule has 1 aromatic heterocycles. The second kappa shape index (κ2) is 9.04. The number of piperidine rings is 1. The average Bonchev–Trinajstić information content (AvgIpc) is 2.80. The summed E-state index contributed by atoms with van der Waals surface area (Å²) in [5.74, 6) is 2.59. The molecule has 3 heterocycles. The average molecular weight is 423 g/mol. The van der Waals surface area contributed by atoms with Gasteiger partial charge in [0.25, 0.3) is 0 Å². The summed E-state index contributed by atoms with van der Waals surface area (Å²) in [5.41, 5.74) is 2.97. The molecule has 0 saturated carbocycles. The Bertz CT molecular complexity index is 991. The number of anilines is 1. The minimum Gasteiger partial charge on any atom is -0.497 e. The van der Waals surface area contributed by atoms with Gasteiger partial charge in [0.15, 0.2) is 0 Å². The monoisotopic (exact) mass is 422 g/mol. The van der Waals surface area contributed by atoms with Gasteiger partial charge in [-0.25, -0.2) is 9.97 Å². The lowest BCUT2D eigenvalue weighted by molar-refractivity contribution is -0.132. The van der Waals surface area contributed by atoms with E-state index in [4.69, 9.17) is 14.7 Å². The summed E-state index contributed by atoms with van der Waals surface area (Å²) < 4.78 is 5.34. The molecular weight excluding hydrogens is 392 g/mol. The van der Waals surface area contributed by atoms with Crippen LogP contribution < -0.4 is 9.64 Å². The highest BCUT2D eigenvalue weighted by atomic mass is 16.5. The molecule has 2 aromatic rings. The summed E-state index contributed by atoms with van der Waals surface area (Å²) in [7, 11) is 1.64. The quantitative estimate of drug-likeness (QED) is 0.738. The van der Waals surface area contributed by atoms with Crippen molar-refractivity contribution in [2.24, 2.45) is 0 Å². The minimum absolute atomic E-state index is 0.0748. The number of carbonyl (C=O) groups excluding carboxylic acids is 2. The number of amides is 2. The number of likely N-dealkylation sites (tertiary alicyclic amines) is 1. The highest BCUT2D eigenvalue weighted by Gasteiger charge is 2.31. The van der Waals surface area contributed by atoms with Gasteiger partial charge in [-0.1, -0.05) is 19.1 Å². The van der Waals surface area contributed by atoms with Crippen molar-refractivity contribution < 1.29 is 14.3 Å². The lowest BCUT2D eigenvalue weighted by atomic mass is 9.95. The molecular formula is C24H30N4O3. The predicted octanol–water partition coefficient (Wildman–Crippen LogP) is 3.39. The number of aryl methyl sites for hydroxylation is 1. The van der Waals surface area contributed by atoms with E-state index in [0.29, 0.717) is 32.4 Å². The topological polar surface area (TPSA) is 75.6 Å². The lowest BCUT2D eigenvalue weighted by Crippen LogP contribution is -2.40. The number of hydrogen-bond acceptors (Lipinski definition) is 5. The number of ether oxygens (including phenoxy) is 1. The van der Waals surface area contributed by atoms with Crippen LogP contribution in [0.3, 0.4) is 0 Å². The molecule has 0 aliphatic carbocycles. The molecule has 1 atom stereocenters. The third-order valence-electron chi connectivity index (χ3n) is 6.27. The molecule has 7 heteroatoms. The molecule has 2 aliphatic heterocycles. The second-order valence-electron chi connectivity index (χ2n) is 8.33. The molecule has 0 bridgehead atoms. The van der Waals surface area contributed by atoms with Crippen LogP contribution in [0, 0.1) is 6.92 Å². The van der Waals surface area contributed by atoms with Gasteiger partial charge in [0.2, 0.25) is 11.8 Å². The Balaban J connectivity index is 1.65. The Morgan fingerprint density at radius 1 is 1.26 bits per heavy atom. The van der Waals surface area contributed by atoms with Gasteiger partial charge in [-0.2, -0.15) is 0 Å². The largest absolute Gasteiger partial charge is 0.497 e. The first kappa shape index (κ1) is 21.3. The van der Waals surface area contributed by atoms with Crippen molar-refractivity contribution in [3.63, 3.8) is 0 Å². The molecule has 4 rings (SSSR count). The SMILES string of the molecule is CCC(=O)N1CCC[C@H](c2nc(C)c3c(n2)N(Cc2cccc(OC)c2)C(=O)CC3)C1. The van der Waals surface area contributed by atoms with Gasteiger partial charge in [0.1, 0.15) is 17.4 Å². The first-order valence-electron chi connectivity index (χ1n) is 11.1. The third-order valence-corrected chi connectivity index (χ3v) is 6.27. The van der Waals surface area contributed by atoms with Crippen LogP contribution in [0.2, 0.25) is 0 Å². The van der Waals surface area contributed by atoms with Crippen molar-refractivity contribution >= 4 is 17.6 Å². The van der Waals surface area contributed by atoms with Crippen molar-refractivity contribution in [3.05, 3.63) is 46.9 Å². The third kappa shape index (κ3) is 4.40. The predicted molar refractivity (Wildman–Crippen MR) is 118 cm³/mol. The van der Waals surface area contributed by atoms with Gasteiger partial charge in [0, 0.05) is 43.1 Å². The van der Waals surface area contributed by atoms with E-state index >= 15 is 0 Å². The summed E-state index contributed by atoms with van der Waals surface area (Å²) in [6.45, 7) is 5.79. The minimum atomic E-state index is 0.0748. The van der Waals surface area contributed by atoms with Crippen molar-refractivity contribution in [3.8, 4) is 5.75 Å². The fraction of sp³-hybridized carbons (Fsp3) is 0.500. The van der Waals surface area contributed by atoms with E-state index < -0.39 is 0 Å². The smallest absolute Gasteiger partial charge is 0.228 e. The molecule has 0 spiro atoms. The molecule has 1 saturated heterocycles. The van der Waals surface area contributed by atoms with E-state index in [-0.39, 0.29) is 17.7 Å². The molecule has 31 heavy (non-hydrogen) atoms. The van der Waals surface area contributed by atoms with E-state index in [2.05, 4.69) is 0 Å². The molecule has 2 aliphatic rings. The van der Waals surface area contributed by atoms with Crippen LogP contribution in [0.1, 0.15) is 61.2 Å². The summed E-state index contributed by atoms with van der Waals surface area (Å²) in [4.78, 5) is 38.5. The molecule has 1 aromatic carbocycles. The Morgan fingerprint density at radius 2 is 2.10 bits per heavy atom. The van der Waals surface area contributed by atoms with E-state index in [1.165, 1.54) is 0 Å². The first-order chi connectivity index (χ1) is 15.0. The zero-order chi connectivity index (χ0) is 22.0. The van der Waals surface area contributed by atoms with Crippen molar-refractivity contribution in [2.45, 2.75) is 58.4 Å². The van der Waals surface area contributed by atoms with Crippen LogP contribution in [0.15, 0.2) is 24.3 Å². The zero-order valence-corrected chi connectivity index (χ0v) is 18.6. The highest BCUT2D eigenvalue weighted by molar-refractivity contribution is 5.95. The number of nitrogens with zero attached hydrogens (tertiary/aromatic N) is 4. The second-order valence-corrected chi connectivity index (χ2v) is 8.33. The normalized spacial score (nSPS) is 18.7. The van der Waals surface area contributed by atoms with Gasteiger partial charge >= 0.3 is 0 Å². The van der Waals surface area contributed by atoms with Crippen LogP contribution in [-0.2, 0) is 22.6 Å². The lowest BCUT2D eigenvalue weighted by Gasteiger charge is -2.34. The number of rotatable bonds is 5. The molecule has 0 unspecified atom stereocenters. The molecule has 1 fully saturated rings. The first-order valence-corrected chi connectivity index (χ1v) is 11.1. The molecule has 164 valence electrons. The van der Waals surface area contributed by atoms with E-state index in [0.717, 1.165) is 53.6 Å². The summed E-state index contributed by atoms with van der Waals surface area (Å²) in [5, 5.41) is 0. The fourth-order valence-corrected chi connectivity index (χ4v) is 4.54. The van der Waals surface area contributed by atoms with Crippen LogP contribution in [-0.4, -0.2) is 46.9 Å². The number of hydrogen-bond donors (Lipinski definition) is 0. The van der Waals surface area contributed by atoms with Crippen molar-refractivity contribution in [1.82, 2.24) is 14.9 Å². The van der Waals surface area contributed by atoms with Crippen LogP contribution in [0.5, 0.6) is 5.75 Å². The van der Waals surface area contributed by atoms with Crippen LogP contribution >= 0.6 is 0 Å². The zero-order valence-electron chi connectivity index (χ0n) is 18.6. The number of aromatic nitrogens is 2. The van der Waals surface area contributed by atoms with E-state index in [9.17, 15) is 9.59 Å². The summed E-state index contributed by atoms with van der Waals surface area (Å²) >= 11 is 0. The van der Waals surface area contributed by atoms with Crippen molar-refractivity contribution in [2.75, 3.05) is 25.1 Å². The van der Waals surface area contributed by atoms with Gasteiger partial charge in [-0.05, 0) is 43.9 Å². The maximum absolute atomic E-state index is 12.9. The van der Waals surface area contributed by atoms with Crippen LogP contribution in [0.25, 0.3) is 0 Å². The van der Waals surface area contributed by atoms with Gasteiger partial charge < -0.3 is 9.64 Å². The maximum atomic E-state index is 12.9. The molecule has 7 nitrogen and oxygen atoms in total.